The van der Waals surface area contributed by atoms with Crippen molar-refractivity contribution in [2.75, 3.05) is 5.73 Å². The second-order valence-corrected chi connectivity index (χ2v) is 4.10. The summed E-state index contributed by atoms with van der Waals surface area (Å²) in [5, 5.41) is 13.7. The summed E-state index contributed by atoms with van der Waals surface area (Å²) in [6, 6.07) is 8.67. The zero-order valence-corrected chi connectivity index (χ0v) is 10.3. The Bertz CT molecular complexity index is 652. The van der Waals surface area contributed by atoms with Gasteiger partial charge in [-0.3, -0.25) is 4.79 Å². The van der Waals surface area contributed by atoms with Crippen molar-refractivity contribution in [1.29, 1.82) is 5.26 Å². The van der Waals surface area contributed by atoms with Crippen molar-refractivity contribution in [3.8, 4) is 11.8 Å². The molecule has 0 saturated carbocycles. The van der Waals surface area contributed by atoms with Crippen LogP contribution in [0.2, 0.25) is 5.02 Å². The number of ketones is 1. The maximum atomic E-state index is 11.3. The van der Waals surface area contributed by atoms with Gasteiger partial charge in [0, 0.05) is 11.9 Å². The largest absolute Gasteiger partial charge is 0.394 e. The third kappa shape index (κ3) is 1.94. The van der Waals surface area contributed by atoms with Gasteiger partial charge in [-0.05, 0) is 24.3 Å². The molecule has 0 aliphatic carbocycles. The number of Topliss-reactive ketones (excluding diaryl/α,β-unsaturated/α-hetero) is 1. The Morgan fingerprint density at radius 2 is 2.06 bits per heavy atom. The highest BCUT2D eigenvalue weighted by molar-refractivity contribution is 6.30. The minimum atomic E-state index is -0.281. The van der Waals surface area contributed by atoms with E-state index in [-0.39, 0.29) is 22.9 Å². The number of benzene rings is 1. The fourth-order valence-electron chi connectivity index (χ4n) is 1.57. The lowest BCUT2D eigenvalue weighted by molar-refractivity contribution is 0.101. The van der Waals surface area contributed by atoms with Gasteiger partial charge in [0.05, 0.1) is 5.69 Å². The van der Waals surface area contributed by atoms with Gasteiger partial charge in [0.2, 0.25) is 0 Å². The molecule has 0 aliphatic heterocycles. The maximum absolute atomic E-state index is 11.3. The number of halogens is 1. The van der Waals surface area contributed by atoms with Gasteiger partial charge in [0.15, 0.2) is 17.2 Å². The highest BCUT2D eigenvalue weighted by atomic mass is 35.5. The quantitative estimate of drug-likeness (QED) is 0.839. The zero-order chi connectivity index (χ0) is 13.3. The molecule has 0 atom stereocenters. The Morgan fingerprint density at radius 3 is 2.56 bits per heavy atom. The predicted octanol–water partition coefficient (Wildman–Crippen LogP) is 2.18. The lowest BCUT2D eigenvalue weighted by atomic mass is 10.2. The smallest absolute Gasteiger partial charge is 0.182 e. The molecule has 0 bridgehead atoms. The van der Waals surface area contributed by atoms with Crippen LogP contribution in [0, 0.1) is 11.3 Å². The summed E-state index contributed by atoms with van der Waals surface area (Å²) >= 11 is 5.79. The minimum Gasteiger partial charge on any atom is -0.394 e. The van der Waals surface area contributed by atoms with E-state index in [2.05, 4.69) is 5.10 Å². The van der Waals surface area contributed by atoms with Gasteiger partial charge in [-0.15, -0.1) is 0 Å². The van der Waals surface area contributed by atoms with Gasteiger partial charge < -0.3 is 5.73 Å². The molecule has 2 N–H and O–H groups in total. The molecular weight excluding hydrogens is 252 g/mol. The molecule has 0 radical (unpaired) electrons. The predicted molar refractivity (Wildman–Crippen MR) is 67.7 cm³/mol. The highest BCUT2D eigenvalue weighted by Gasteiger charge is 2.18. The standard InChI is InChI=1S/C12H9ClN4O/c1-7(18)12-11(15)10(6-14)17(16-12)9-4-2-8(13)3-5-9/h2-5H,15H2,1H3. The second kappa shape index (κ2) is 4.51. The number of carbonyl (C=O) groups is 1. The summed E-state index contributed by atoms with van der Waals surface area (Å²) < 4.78 is 1.34. The topological polar surface area (TPSA) is 84.7 Å². The summed E-state index contributed by atoms with van der Waals surface area (Å²) in [4.78, 5) is 11.3. The van der Waals surface area contributed by atoms with E-state index in [1.165, 1.54) is 11.6 Å². The Labute approximate surface area is 108 Å². The second-order valence-electron chi connectivity index (χ2n) is 3.67. The number of nitrogens with two attached hydrogens (primary N) is 1. The molecule has 0 amide bonds. The van der Waals surface area contributed by atoms with Gasteiger partial charge in [-0.1, -0.05) is 11.6 Å². The first-order chi connectivity index (χ1) is 8.54. The lowest BCUT2D eigenvalue weighted by Crippen LogP contribution is -2.01. The van der Waals surface area contributed by atoms with Gasteiger partial charge in [0.1, 0.15) is 11.8 Å². The number of carbonyl (C=O) groups excluding carboxylic acids is 1. The van der Waals surface area contributed by atoms with Gasteiger partial charge in [-0.2, -0.15) is 10.4 Å². The number of hydrogen-bond acceptors (Lipinski definition) is 4. The van der Waals surface area contributed by atoms with E-state index in [1.807, 2.05) is 6.07 Å². The summed E-state index contributed by atoms with van der Waals surface area (Å²) in [5.74, 6) is -0.281. The number of anilines is 1. The maximum Gasteiger partial charge on any atom is 0.182 e. The number of hydrogen-bond donors (Lipinski definition) is 1. The summed E-state index contributed by atoms with van der Waals surface area (Å²) in [7, 11) is 0. The number of aromatic nitrogens is 2. The van der Waals surface area contributed by atoms with Crippen LogP contribution in [0.3, 0.4) is 0 Å². The van der Waals surface area contributed by atoms with E-state index in [0.717, 1.165) is 0 Å². The average molecular weight is 261 g/mol. The number of rotatable bonds is 2. The van der Waals surface area contributed by atoms with Crippen LogP contribution in [0.1, 0.15) is 23.1 Å². The first-order valence-corrected chi connectivity index (χ1v) is 5.48. The van der Waals surface area contributed by atoms with Crippen molar-refractivity contribution in [3.63, 3.8) is 0 Å². The Hall–Kier alpha value is -2.32. The van der Waals surface area contributed by atoms with Crippen LogP contribution >= 0.6 is 11.6 Å². The SMILES string of the molecule is CC(=O)c1nn(-c2ccc(Cl)cc2)c(C#N)c1N. The minimum absolute atomic E-state index is 0.0972. The van der Waals surface area contributed by atoms with Crippen molar-refractivity contribution in [3.05, 3.63) is 40.7 Å². The van der Waals surface area contributed by atoms with Crippen LogP contribution in [0.25, 0.3) is 5.69 Å². The molecule has 0 unspecified atom stereocenters. The Balaban J connectivity index is 2.65. The van der Waals surface area contributed by atoms with E-state index in [1.54, 1.807) is 24.3 Å². The lowest BCUT2D eigenvalue weighted by Gasteiger charge is -2.02. The molecule has 2 aromatic rings. The van der Waals surface area contributed by atoms with Crippen LogP contribution < -0.4 is 5.73 Å². The fraction of sp³-hybridized carbons (Fsp3) is 0.0833. The normalized spacial score (nSPS) is 10.1. The number of nitrogens with zero attached hydrogens (tertiary/aromatic N) is 3. The molecule has 0 saturated heterocycles. The van der Waals surface area contributed by atoms with Gasteiger partial charge in [-0.25, -0.2) is 4.68 Å². The van der Waals surface area contributed by atoms with Gasteiger partial charge in [0.25, 0.3) is 0 Å². The van der Waals surface area contributed by atoms with Crippen LogP contribution in [0.4, 0.5) is 5.69 Å². The number of nitriles is 1. The first kappa shape index (κ1) is 12.1. The van der Waals surface area contributed by atoms with Crippen molar-refractivity contribution < 1.29 is 4.79 Å². The van der Waals surface area contributed by atoms with Crippen molar-refractivity contribution in [1.82, 2.24) is 9.78 Å². The number of nitrogen functional groups attached to an aromatic ring is 1. The summed E-state index contributed by atoms with van der Waals surface area (Å²) in [6.07, 6.45) is 0. The average Bonchev–Trinajstić information content (AvgIpc) is 2.67. The van der Waals surface area contributed by atoms with Crippen LogP contribution in [-0.2, 0) is 0 Å². The summed E-state index contributed by atoms with van der Waals surface area (Å²) in [6.45, 7) is 1.35. The zero-order valence-electron chi connectivity index (χ0n) is 9.51. The monoisotopic (exact) mass is 260 g/mol. The third-order valence-corrected chi connectivity index (χ3v) is 2.68. The van der Waals surface area contributed by atoms with E-state index < -0.39 is 0 Å². The molecule has 0 fully saturated rings. The molecule has 0 aliphatic rings. The van der Waals surface area contributed by atoms with E-state index in [9.17, 15) is 4.79 Å². The van der Waals surface area contributed by atoms with Crippen LogP contribution in [0.15, 0.2) is 24.3 Å². The van der Waals surface area contributed by atoms with Gasteiger partial charge >= 0.3 is 0 Å². The van der Waals surface area contributed by atoms with Crippen LogP contribution in [0.5, 0.6) is 0 Å². The molecular formula is C12H9ClN4O. The molecule has 1 aromatic carbocycles. The molecule has 2 rings (SSSR count). The molecule has 1 heterocycles. The third-order valence-electron chi connectivity index (χ3n) is 2.43. The molecule has 6 heteroatoms. The first-order valence-electron chi connectivity index (χ1n) is 5.10. The molecule has 5 nitrogen and oxygen atoms in total. The van der Waals surface area contributed by atoms with Crippen molar-refractivity contribution in [2.24, 2.45) is 0 Å². The molecule has 0 spiro atoms. The molecule has 90 valence electrons. The molecule has 18 heavy (non-hydrogen) atoms. The van der Waals surface area contributed by atoms with E-state index in [0.29, 0.717) is 10.7 Å². The van der Waals surface area contributed by atoms with Crippen molar-refractivity contribution in [2.45, 2.75) is 6.92 Å². The molecule has 1 aromatic heterocycles. The highest BCUT2D eigenvalue weighted by Crippen LogP contribution is 2.21. The summed E-state index contributed by atoms with van der Waals surface area (Å²) in [5.41, 5.74) is 6.69. The Morgan fingerprint density at radius 1 is 1.44 bits per heavy atom. The van der Waals surface area contributed by atoms with Crippen molar-refractivity contribution >= 4 is 23.1 Å². The fourth-order valence-corrected chi connectivity index (χ4v) is 1.69. The van der Waals surface area contributed by atoms with E-state index in [4.69, 9.17) is 22.6 Å². The van der Waals surface area contributed by atoms with E-state index >= 15 is 0 Å². The Kier molecular flexibility index (Phi) is 3.04. The van der Waals surface area contributed by atoms with Crippen LogP contribution in [-0.4, -0.2) is 15.6 Å².